The van der Waals surface area contributed by atoms with E-state index in [1.807, 2.05) is 36.0 Å². The quantitative estimate of drug-likeness (QED) is 0.853. The van der Waals surface area contributed by atoms with E-state index in [0.29, 0.717) is 18.2 Å². The molecule has 0 aliphatic heterocycles. The molecule has 20 heavy (non-hydrogen) atoms. The zero-order valence-electron chi connectivity index (χ0n) is 11.9. The second-order valence-corrected chi connectivity index (χ2v) is 4.97. The fourth-order valence-corrected chi connectivity index (χ4v) is 2.06. The highest BCUT2D eigenvalue weighted by Crippen LogP contribution is 2.18. The molecule has 5 heteroatoms. The minimum atomic E-state index is 0.570. The summed E-state index contributed by atoms with van der Waals surface area (Å²) < 4.78 is 7.65. The molecule has 0 aliphatic carbocycles. The topological polar surface area (TPSA) is 39.1 Å². The van der Waals surface area contributed by atoms with Crippen molar-refractivity contribution in [1.29, 1.82) is 0 Å². The van der Waals surface area contributed by atoms with Gasteiger partial charge in [-0.2, -0.15) is 5.10 Å². The summed E-state index contributed by atoms with van der Waals surface area (Å²) in [4.78, 5) is 0. The van der Waals surface area contributed by atoms with Crippen LogP contribution in [0.1, 0.15) is 18.2 Å². The molecular weight excluding hydrogens is 274 g/mol. The van der Waals surface area contributed by atoms with E-state index in [0.717, 1.165) is 24.5 Å². The van der Waals surface area contributed by atoms with E-state index >= 15 is 0 Å². The van der Waals surface area contributed by atoms with Crippen LogP contribution in [0.2, 0.25) is 5.02 Å². The molecule has 4 nitrogen and oxygen atoms in total. The van der Waals surface area contributed by atoms with Gasteiger partial charge in [-0.1, -0.05) is 36.7 Å². The fourth-order valence-electron chi connectivity index (χ4n) is 1.91. The maximum atomic E-state index is 5.98. The molecule has 108 valence electrons. The number of benzene rings is 1. The molecular formula is C15H20ClN3O. The molecule has 1 N–H and O–H groups in total. The largest absolute Gasteiger partial charge is 0.491 e. The summed E-state index contributed by atoms with van der Waals surface area (Å²) in [5, 5.41) is 8.31. The Morgan fingerprint density at radius 3 is 2.85 bits per heavy atom. The molecule has 2 aromatic rings. The highest BCUT2D eigenvalue weighted by molar-refractivity contribution is 6.31. The van der Waals surface area contributed by atoms with E-state index in [1.54, 1.807) is 0 Å². The van der Waals surface area contributed by atoms with Crippen LogP contribution in [0.3, 0.4) is 0 Å². The van der Waals surface area contributed by atoms with Gasteiger partial charge in [0.05, 0.1) is 17.3 Å². The molecule has 0 saturated carbocycles. The van der Waals surface area contributed by atoms with Gasteiger partial charge in [0.25, 0.3) is 0 Å². The number of rotatable bonds is 7. The number of aromatic nitrogens is 2. The Balaban J connectivity index is 1.90. The van der Waals surface area contributed by atoms with Crippen LogP contribution in [0.5, 0.6) is 5.75 Å². The van der Waals surface area contributed by atoms with E-state index in [1.165, 1.54) is 5.56 Å². The van der Waals surface area contributed by atoms with Gasteiger partial charge >= 0.3 is 0 Å². The van der Waals surface area contributed by atoms with Crippen molar-refractivity contribution in [1.82, 2.24) is 15.1 Å². The maximum Gasteiger partial charge on any atom is 0.123 e. The molecule has 0 amide bonds. The van der Waals surface area contributed by atoms with Crippen LogP contribution >= 0.6 is 11.6 Å². The molecule has 1 heterocycles. The van der Waals surface area contributed by atoms with Gasteiger partial charge in [-0.05, 0) is 19.5 Å². The summed E-state index contributed by atoms with van der Waals surface area (Å²) in [6.07, 6.45) is 1.82. The van der Waals surface area contributed by atoms with Crippen LogP contribution in [-0.4, -0.2) is 22.9 Å². The van der Waals surface area contributed by atoms with E-state index in [-0.39, 0.29) is 0 Å². The van der Waals surface area contributed by atoms with Crippen molar-refractivity contribution in [2.45, 2.75) is 26.9 Å². The third kappa shape index (κ3) is 3.99. The van der Waals surface area contributed by atoms with Gasteiger partial charge in [0, 0.05) is 18.3 Å². The summed E-state index contributed by atoms with van der Waals surface area (Å²) in [6, 6.07) is 8.08. The summed E-state index contributed by atoms with van der Waals surface area (Å²) >= 11 is 5.98. The Morgan fingerprint density at radius 2 is 2.15 bits per heavy atom. The van der Waals surface area contributed by atoms with E-state index in [2.05, 4.69) is 23.4 Å². The van der Waals surface area contributed by atoms with Crippen molar-refractivity contribution in [3.8, 4) is 5.75 Å². The highest BCUT2D eigenvalue weighted by Gasteiger charge is 2.04. The first-order valence-electron chi connectivity index (χ1n) is 6.81. The average Bonchev–Trinajstić information content (AvgIpc) is 2.76. The van der Waals surface area contributed by atoms with Gasteiger partial charge in [-0.15, -0.1) is 0 Å². The molecule has 0 radical (unpaired) electrons. The summed E-state index contributed by atoms with van der Waals surface area (Å²) in [6.45, 7) is 7.00. The summed E-state index contributed by atoms with van der Waals surface area (Å²) in [7, 11) is 0. The number of nitrogens with zero attached hydrogens (tertiary/aromatic N) is 2. The van der Waals surface area contributed by atoms with Crippen molar-refractivity contribution in [3.63, 3.8) is 0 Å². The Hall–Kier alpha value is -1.52. The van der Waals surface area contributed by atoms with Gasteiger partial charge in [0.15, 0.2) is 0 Å². The van der Waals surface area contributed by atoms with Crippen molar-refractivity contribution in [3.05, 3.63) is 46.7 Å². The molecule has 0 unspecified atom stereocenters. The molecule has 0 atom stereocenters. The van der Waals surface area contributed by atoms with Crippen molar-refractivity contribution < 1.29 is 4.74 Å². The Bertz CT molecular complexity index is 534. The highest BCUT2D eigenvalue weighted by atomic mass is 35.5. The minimum absolute atomic E-state index is 0.570. The number of ether oxygens (including phenoxy) is 1. The molecule has 1 aromatic heterocycles. The van der Waals surface area contributed by atoms with Crippen LogP contribution in [-0.2, 0) is 13.1 Å². The second-order valence-electron chi connectivity index (χ2n) is 4.56. The lowest BCUT2D eigenvalue weighted by Gasteiger charge is -2.11. The zero-order chi connectivity index (χ0) is 14.4. The molecule has 2 rings (SSSR count). The SMILES string of the molecule is CCNCc1ccccc1OCCn1cc(Cl)c(C)n1. The van der Waals surface area contributed by atoms with Gasteiger partial charge in [-0.25, -0.2) is 0 Å². The summed E-state index contributed by atoms with van der Waals surface area (Å²) in [5.74, 6) is 0.920. The molecule has 0 saturated heterocycles. The van der Waals surface area contributed by atoms with Crippen LogP contribution in [0.15, 0.2) is 30.5 Å². The number of hydrogen-bond acceptors (Lipinski definition) is 3. The number of para-hydroxylation sites is 1. The third-order valence-electron chi connectivity index (χ3n) is 3.00. The third-order valence-corrected chi connectivity index (χ3v) is 3.37. The van der Waals surface area contributed by atoms with Crippen LogP contribution in [0.25, 0.3) is 0 Å². The molecule has 1 aromatic carbocycles. The normalized spacial score (nSPS) is 10.8. The molecule has 0 fully saturated rings. The first-order chi connectivity index (χ1) is 9.70. The Kier molecular flexibility index (Phi) is 5.44. The average molecular weight is 294 g/mol. The van der Waals surface area contributed by atoms with E-state index < -0.39 is 0 Å². The van der Waals surface area contributed by atoms with Crippen LogP contribution in [0.4, 0.5) is 0 Å². The standard InChI is InChI=1S/C15H20ClN3O/c1-3-17-10-13-6-4-5-7-15(13)20-9-8-19-11-14(16)12(2)18-19/h4-7,11,17H,3,8-10H2,1-2H3. The molecule has 0 aliphatic rings. The monoisotopic (exact) mass is 293 g/mol. The maximum absolute atomic E-state index is 5.98. The predicted molar refractivity (Wildman–Crippen MR) is 81.3 cm³/mol. The van der Waals surface area contributed by atoms with E-state index in [4.69, 9.17) is 16.3 Å². The van der Waals surface area contributed by atoms with Gasteiger partial charge in [0.2, 0.25) is 0 Å². The first-order valence-corrected chi connectivity index (χ1v) is 7.19. The van der Waals surface area contributed by atoms with Crippen LogP contribution < -0.4 is 10.1 Å². The van der Waals surface area contributed by atoms with Gasteiger partial charge in [-0.3, -0.25) is 4.68 Å². The van der Waals surface area contributed by atoms with Crippen LogP contribution in [0, 0.1) is 6.92 Å². The number of nitrogens with one attached hydrogen (secondary N) is 1. The summed E-state index contributed by atoms with van der Waals surface area (Å²) in [5.41, 5.74) is 2.02. The lowest BCUT2D eigenvalue weighted by atomic mass is 10.2. The van der Waals surface area contributed by atoms with E-state index in [9.17, 15) is 0 Å². The Morgan fingerprint density at radius 1 is 1.35 bits per heavy atom. The number of halogens is 1. The van der Waals surface area contributed by atoms with Gasteiger partial charge in [0.1, 0.15) is 12.4 Å². The Labute approximate surface area is 124 Å². The first kappa shape index (κ1) is 14.9. The molecule has 0 spiro atoms. The predicted octanol–water partition coefficient (Wildman–Crippen LogP) is 3.03. The lowest BCUT2D eigenvalue weighted by molar-refractivity contribution is 0.288. The molecule has 0 bridgehead atoms. The minimum Gasteiger partial charge on any atom is -0.491 e. The second kappa shape index (κ2) is 7.31. The smallest absolute Gasteiger partial charge is 0.123 e. The zero-order valence-corrected chi connectivity index (χ0v) is 12.7. The van der Waals surface area contributed by atoms with Gasteiger partial charge < -0.3 is 10.1 Å². The number of aryl methyl sites for hydroxylation is 1. The lowest BCUT2D eigenvalue weighted by Crippen LogP contribution is -2.14. The fraction of sp³-hybridized carbons (Fsp3) is 0.400. The van der Waals surface area contributed by atoms with Crippen molar-refractivity contribution >= 4 is 11.6 Å². The number of hydrogen-bond donors (Lipinski definition) is 1. The van der Waals surface area contributed by atoms with Crippen molar-refractivity contribution in [2.24, 2.45) is 0 Å². The van der Waals surface area contributed by atoms with Crippen molar-refractivity contribution in [2.75, 3.05) is 13.2 Å².